The van der Waals surface area contributed by atoms with E-state index in [0.717, 1.165) is 21.7 Å². The summed E-state index contributed by atoms with van der Waals surface area (Å²) in [6, 6.07) is 5.43. The smallest absolute Gasteiger partial charge is 0.240 e. The van der Waals surface area contributed by atoms with Gasteiger partial charge in [-0.05, 0) is 43.9 Å². The largest absolute Gasteiger partial charge is 0.352 e. The molecular weight excluding hydrogens is 300 g/mol. The minimum atomic E-state index is -3.54. The molecule has 0 bridgehead atoms. The Kier molecular flexibility index (Phi) is 6.00. The molecule has 0 radical (unpaired) electrons. The molecule has 0 saturated heterocycles. The van der Waals surface area contributed by atoms with Crippen LogP contribution in [0.25, 0.3) is 0 Å². The lowest BCUT2D eigenvalue weighted by molar-refractivity contribution is -0.120. The summed E-state index contributed by atoms with van der Waals surface area (Å²) in [7, 11) is -3.54. The van der Waals surface area contributed by atoms with Gasteiger partial charge in [-0.2, -0.15) is 0 Å². The second-order valence-corrected chi connectivity index (χ2v) is 8.00. The molecule has 0 heterocycles. The molecule has 5 nitrogen and oxygen atoms in total. The fourth-order valence-electron chi connectivity index (χ4n) is 1.98. The Morgan fingerprint density at radius 3 is 2.32 bits per heavy atom. The van der Waals surface area contributed by atoms with E-state index in [1.165, 1.54) is 0 Å². The molecule has 0 unspecified atom stereocenters. The Labute approximate surface area is 133 Å². The predicted octanol–water partition coefficient (Wildman–Crippen LogP) is 2.23. The fourth-order valence-corrected chi connectivity index (χ4v) is 2.89. The Bertz CT molecular complexity index is 639. The van der Waals surface area contributed by atoms with Crippen LogP contribution in [0.15, 0.2) is 18.2 Å². The zero-order valence-electron chi connectivity index (χ0n) is 14.2. The average Bonchev–Trinajstić information content (AvgIpc) is 2.38. The van der Waals surface area contributed by atoms with Crippen molar-refractivity contribution in [3.63, 3.8) is 0 Å². The minimum Gasteiger partial charge on any atom is -0.352 e. The van der Waals surface area contributed by atoms with Crippen LogP contribution in [0.5, 0.6) is 0 Å². The van der Waals surface area contributed by atoms with Crippen molar-refractivity contribution in [2.45, 2.75) is 40.7 Å². The number of carbonyl (C=O) groups is 1. The molecule has 0 aliphatic carbocycles. The van der Waals surface area contributed by atoms with Crippen LogP contribution in [0.4, 0.5) is 5.69 Å². The molecule has 1 amide bonds. The standard InChI is InChI=1S/C16H26N2O3S/c1-11(2)14(5)17-16(19)10-18(22(6,20)21)15-9-7-8-12(3)13(15)4/h7-9,11,14H,10H2,1-6H3,(H,17,19)/t14-/m1/s1. The third kappa shape index (κ3) is 4.73. The molecule has 1 aromatic carbocycles. The van der Waals surface area contributed by atoms with Crippen molar-refractivity contribution < 1.29 is 13.2 Å². The molecule has 0 spiro atoms. The highest BCUT2D eigenvalue weighted by Gasteiger charge is 2.23. The summed E-state index contributed by atoms with van der Waals surface area (Å²) in [4.78, 5) is 12.2. The van der Waals surface area contributed by atoms with Crippen molar-refractivity contribution in [3.05, 3.63) is 29.3 Å². The molecule has 0 aliphatic heterocycles. The number of sulfonamides is 1. The lowest BCUT2D eigenvalue weighted by Gasteiger charge is -2.26. The van der Waals surface area contributed by atoms with Crippen molar-refractivity contribution in [1.29, 1.82) is 0 Å². The first kappa shape index (κ1) is 18.5. The quantitative estimate of drug-likeness (QED) is 0.872. The summed E-state index contributed by atoms with van der Waals surface area (Å²) in [5, 5.41) is 2.84. The summed E-state index contributed by atoms with van der Waals surface area (Å²) in [6.07, 6.45) is 1.12. The van der Waals surface area contributed by atoms with Gasteiger partial charge in [0, 0.05) is 6.04 Å². The maximum absolute atomic E-state index is 12.2. The monoisotopic (exact) mass is 326 g/mol. The maximum Gasteiger partial charge on any atom is 0.240 e. The van der Waals surface area contributed by atoms with Crippen molar-refractivity contribution in [2.24, 2.45) is 5.92 Å². The van der Waals surface area contributed by atoms with Crippen molar-refractivity contribution in [3.8, 4) is 0 Å². The Balaban J connectivity index is 3.06. The van der Waals surface area contributed by atoms with Gasteiger partial charge < -0.3 is 5.32 Å². The van der Waals surface area contributed by atoms with Gasteiger partial charge in [-0.25, -0.2) is 8.42 Å². The Hall–Kier alpha value is -1.56. The molecule has 6 heteroatoms. The second-order valence-electron chi connectivity index (χ2n) is 6.09. The van der Waals surface area contributed by atoms with E-state index in [4.69, 9.17) is 0 Å². The highest BCUT2D eigenvalue weighted by atomic mass is 32.2. The number of nitrogens with one attached hydrogen (secondary N) is 1. The maximum atomic E-state index is 12.2. The van der Waals surface area contributed by atoms with E-state index in [1.54, 1.807) is 12.1 Å². The van der Waals surface area contributed by atoms with E-state index in [2.05, 4.69) is 5.32 Å². The first-order chi connectivity index (χ1) is 10.0. The van der Waals surface area contributed by atoms with Crippen LogP contribution in [0.1, 0.15) is 31.9 Å². The van der Waals surface area contributed by atoms with Gasteiger partial charge in [0.2, 0.25) is 15.9 Å². The zero-order chi connectivity index (χ0) is 17.1. The Morgan fingerprint density at radius 1 is 1.23 bits per heavy atom. The number of hydrogen-bond donors (Lipinski definition) is 1. The topological polar surface area (TPSA) is 66.5 Å². The summed E-state index contributed by atoms with van der Waals surface area (Å²) < 4.78 is 25.4. The molecule has 1 rings (SSSR count). The third-order valence-electron chi connectivity index (χ3n) is 3.92. The molecular formula is C16H26N2O3S. The van der Waals surface area contributed by atoms with E-state index in [-0.39, 0.29) is 24.4 Å². The molecule has 0 fully saturated rings. The van der Waals surface area contributed by atoms with E-state index >= 15 is 0 Å². The van der Waals surface area contributed by atoms with Gasteiger partial charge in [-0.3, -0.25) is 9.10 Å². The van der Waals surface area contributed by atoms with Crippen LogP contribution in [0, 0.1) is 19.8 Å². The molecule has 0 aliphatic rings. The Morgan fingerprint density at radius 2 is 1.82 bits per heavy atom. The highest BCUT2D eigenvalue weighted by Crippen LogP contribution is 2.24. The van der Waals surface area contributed by atoms with Gasteiger partial charge >= 0.3 is 0 Å². The molecule has 1 aromatic rings. The van der Waals surface area contributed by atoms with E-state index in [9.17, 15) is 13.2 Å². The van der Waals surface area contributed by atoms with Gasteiger partial charge in [-0.1, -0.05) is 26.0 Å². The van der Waals surface area contributed by atoms with Crippen LogP contribution >= 0.6 is 0 Å². The van der Waals surface area contributed by atoms with Gasteiger partial charge in [-0.15, -0.1) is 0 Å². The van der Waals surface area contributed by atoms with Crippen molar-refractivity contribution in [2.75, 3.05) is 17.1 Å². The number of carbonyl (C=O) groups excluding carboxylic acids is 1. The molecule has 0 saturated carbocycles. The molecule has 124 valence electrons. The van der Waals surface area contributed by atoms with Crippen LogP contribution in [-0.2, 0) is 14.8 Å². The van der Waals surface area contributed by atoms with E-state index in [0.29, 0.717) is 5.69 Å². The van der Waals surface area contributed by atoms with Gasteiger partial charge in [0.1, 0.15) is 6.54 Å². The molecule has 0 aromatic heterocycles. The minimum absolute atomic E-state index is 0.00693. The van der Waals surface area contributed by atoms with Crippen molar-refractivity contribution >= 4 is 21.6 Å². The first-order valence-electron chi connectivity index (χ1n) is 7.37. The second kappa shape index (κ2) is 7.13. The normalized spacial score (nSPS) is 13.0. The SMILES string of the molecule is Cc1cccc(N(CC(=O)N[C@H](C)C(C)C)S(C)(=O)=O)c1C. The first-order valence-corrected chi connectivity index (χ1v) is 9.22. The fraction of sp³-hybridized carbons (Fsp3) is 0.562. The lowest BCUT2D eigenvalue weighted by Crippen LogP contribution is -2.44. The van der Waals surface area contributed by atoms with E-state index in [1.807, 2.05) is 40.7 Å². The number of rotatable bonds is 6. The molecule has 22 heavy (non-hydrogen) atoms. The predicted molar refractivity (Wildman–Crippen MR) is 90.5 cm³/mol. The van der Waals surface area contributed by atoms with Crippen LogP contribution < -0.4 is 9.62 Å². The van der Waals surface area contributed by atoms with Crippen LogP contribution in [0.3, 0.4) is 0 Å². The number of benzene rings is 1. The van der Waals surface area contributed by atoms with Gasteiger partial charge in [0.05, 0.1) is 11.9 Å². The molecule has 1 N–H and O–H groups in total. The molecule has 1 atom stereocenters. The highest BCUT2D eigenvalue weighted by molar-refractivity contribution is 7.92. The summed E-state index contributed by atoms with van der Waals surface area (Å²) >= 11 is 0. The summed E-state index contributed by atoms with van der Waals surface area (Å²) in [5.41, 5.74) is 2.40. The number of nitrogens with zero attached hydrogens (tertiary/aromatic N) is 1. The van der Waals surface area contributed by atoms with E-state index < -0.39 is 10.0 Å². The third-order valence-corrected chi connectivity index (χ3v) is 5.05. The lowest BCUT2D eigenvalue weighted by atomic mass is 10.1. The van der Waals surface area contributed by atoms with Gasteiger partial charge in [0.25, 0.3) is 0 Å². The van der Waals surface area contributed by atoms with Crippen molar-refractivity contribution in [1.82, 2.24) is 5.32 Å². The van der Waals surface area contributed by atoms with Crippen LogP contribution in [0.2, 0.25) is 0 Å². The van der Waals surface area contributed by atoms with Crippen LogP contribution in [-0.4, -0.2) is 33.2 Å². The summed E-state index contributed by atoms with van der Waals surface area (Å²) in [6.45, 7) is 9.48. The van der Waals surface area contributed by atoms with Gasteiger partial charge in [0.15, 0.2) is 0 Å². The number of amides is 1. The summed E-state index contributed by atoms with van der Waals surface area (Å²) in [5.74, 6) is -0.0103. The number of aryl methyl sites for hydroxylation is 1. The zero-order valence-corrected chi connectivity index (χ0v) is 15.0. The number of hydrogen-bond acceptors (Lipinski definition) is 3. The number of anilines is 1. The average molecular weight is 326 g/mol.